The average molecular weight is 196 g/mol. The Labute approximate surface area is 84.1 Å². The average Bonchev–Trinajstić information content (AvgIpc) is 2.60. The molecule has 0 spiro atoms. The molecule has 0 aromatic rings. The molecule has 1 saturated heterocycles. The van der Waals surface area contributed by atoms with Crippen LogP contribution in [0.2, 0.25) is 0 Å². The van der Waals surface area contributed by atoms with Crippen molar-refractivity contribution in [3.8, 4) is 6.07 Å². The number of nitrogens with zero attached hydrogens (tertiary/aromatic N) is 2. The summed E-state index contributed by atoms with van der Waals surface area (Å²) in [6.45, 7) is 2.93. The van der Waals surface area contributed by atoms with Crippen molar-refractivity contribution < 1.29 is 9.90 Å². The summed E-state index contributed by atoms with van der Waals surface area (Å²) in [6.07, 6.45) is 1.68. The van der Waals surface area contributed by atoms with Crippen LogP contribution in [0.3, 0.4) is 0 Å². The van der Waals surface area contributed by atoms with Gasteiger partial charge in [-0.15, -0.1) is 0 Å². The molecule has 4 heteroatoms. The third-order valence-electron chi connectivity index (χ3n) is 2.51. The normalized spacial score (nSPS) is 23.2. The third-order valence-corrected chi connectivity index (χ3v) is 2.51. The van der Waals surface area contributed by atoms with E-state index in [1.54, 1.807) is 4.90 Å². The van der Waals surface area contributed by atoms with Crippen molar-refractivity contribution in [3.05, 3.63) is 0 Å². The first-order valence-corrected chi connectivity index (χ1v) is 5.05. The van der Waals surface area contributed by atoms with E-state index in [2.05, 4.69) is 0 Å². The molecule has 1 amide bonds. The van der Waals surface area contributed by atoms with Gasteiger partial charge in [-0.1, -0.05) is 13.3 Å². The standard InChI is InChI=1S/C10H16N2O2/c1-2-3-8(6-11)10(14)12-5-4-9(13)7-12/h8-9,13H,2-5,7H2,1H3. The molecule has 2 atom stereocenters. The number of aliphatic hydroxyl groups is 1. The van der Waals surface area contributed by atoms with Gasteiger partial charge in [-0.05, 0) is 12.8 Å². The Balaban J connectivity index is 2.51. The van der Waals surface area contributed by atoms with Crippen molar-refractivity contribution in [3.63, 3.8) is 0 Å². The number of likely N-dealkylation sites (tertiary alicyclic amines) is 1. The zero-order chi connectivity index (χ0) is 10.6. The van der Waals surface area contributed by atoms with Crippen LogP contribution >= 0.6 is 0 Å². The zero-order valence-electron chi connectivity index (χ0n) is 8.44. The van der Waals surface area contributed by atoms with E-state index >= 15 is 0 Å². The zero-order valence-corrected chi connectivity index (χ0v) is 8.44. The number of nitriles is 1. The number of β-amino-alcohol motifs (C(OH)–C–C–N with tert-alkyl or cyclic N) is 1. The summed E-state index contributed by atoms with van der Waals surface area (Å²) in [5.41, 5.74) is 0. The Morgan fingerprint density at radius 1 is 1.79 bits per heavy atom. The first kappa shape index (κ1) is 11.0. The summed E-state index contributed by atoms with van der Waals surface area (Å²) in [5, 5.41) is 18.0. The lowest BCUT2D eigenvalue weighted by Crippen LogP contribution is -2.34. The van der Waals surface area contributed by atoms with E-state index in [1.165, 1.54) is 0 Å². The van der Waals surface area contributed by atoms with E-state index in [1.807, 2.05) is 13.0 Å². The Hall–Kier alpha value is -1.08. The topological polar surface area (TPSA) is 64.3 Å². The van der Waals surface area contributed by atoms with Crippen LogP contribution in [-0.4, -0.2) is 35.1 Å². The quantitative estimate of drug-likeness (QED) is 0.715. The molecule has 1 N–H and O–H groups in total. The van der Waals surface area contributed by atoms with Crippen LogP contribution in [-0.2, 0) is 4.79 Å². The first-order chi connectivity index (χ1) is 6.69. The van der Waals surface area contributed by atoms with Crippen molar-refractivity contribution >= 4 is 5.91 Å². The van der Waals surface area contributed by atoms with Crippen LogP contribution in [0, 0.1) is 17.2 Å². The molecule has 0 bridgehead atoms. The molecule has 0 radical (unpaired) electrons. The molecular weight excluding hydrogens is 180 g/mol. The molecule has 1 fully saturated rings. The lowest BCUT2D eigenvalue weighted by atomic mass is 10.0. The molecule has 0 aromatic heterocycles. The Morgan fingerprint density at radius 2 is 2.50 bits per heavy atom. The summed E-state index contributed by atoms with van der Waals surface area (Å²) in [5.74, 6) is -0.642. The Morgan fingerprint density at radius 3 is 2.93 bits per heavy atom. The van der Waals surface area contributed by atoms with Gasteiger partial charge in [-0.3, -0.25) is 4.79 Å². The van der Waals surface area contributed by atoms with Gasteiger partial charge in [-0.2, -0.15) is 5.26 Å². The van der Waals surface area contributed by atoms with Crippen LogP contribution in [0.1, 0.15) is 26.2 Å². The molecule has 14 heavy (non-hydrogen) atoms. The van der Waals surface area contributed by atoms with Gasteiger partial charge in [0, 0.05) is 13.1 Å². The minimum atomic E-state index is -0.523. The van der Waals surface area contributed by atoms with Gasteiger partial charge in [0.2, 0.25) is 5.91 Å². The highest BCUT2D eigenvalue weighted by Crippen LogP contribution is 2.15. The van der Waals surface area contributed by atoms with Gasteiger partial charge in [0.15, 0.2) is 0 Å². The molecule has 2 unspecified atom stereocenters. The summed E-state index contributed by atoms with van der Waals surface area (Å²) < 4.78 is 0. The summed E-state index contributed by atoms with van der Waals surface area (Å²) >= 11 is 0. The fourth-order valence-corrected chi connectivity index (χ4v) is 1.69. The van der Waals surface area contributed by atoms with Gasteiger partial charge in [0.1, 0.15) is 5.92 Å². The molecule has 1 rings (SSSR count). The molecule has 0 aromatic carbocycles. The SMILES string of the molecule is CCCC(C#N)C(=O)N1CCC(O)C1. The number of hydrogen-bond acceptors (Lipinski definition) is 3. The second-order valence-electron chi connectivity index (χ2n) is 3.70. The van der Waals surface area contributed by atoms with E-state index in [4.69, 9.17) is 5.26 Å². The van der Waals surface area contributed by atoms with Crippen molar-refractivity contribution in [2.24, 2.45) is 5.92 Å². The fraction of sp³-hybridized carbons (Fsp3) is 0.800. The molecule has 1 aliphatic rings. The van der Waals surface area contributed by atoms with Crippen LogP contribution in [0.5, 0.6) is 0 Å². The summed E-state index contributed by atoms with van der Waals surface area (Å²) in [6, 6.07) is 2.02. The number of carbonyl (C=O) groups excluding carboxylic acids is 1. The second kappa shape index (κ2) is 4.97. The van der Waals surface area contributed by atoms with Crippen LogP contribution < -0.4 is 0 Å². The largest absolute Gasteiger partial charge is 0.391 e. The predicted octanol–water partition coefficient (Wildman–Crippen LogP) is 0.519. The lowest BCUT2D eigenvalue weighted by molar-refractivity contribution is -0.133. The summed E-state index contributed by atoms with van der Waals surface area (Å²) in [7, 11) is 0. The lowest BCUT2D eigenvalue weighted by Gasteiger charge is -2.18. The number of carbonyl (C=O) groups is 1. The van der Waals surface area contributed by atoms with E-state index in [0.717, 1.165) is 6.42 Å². The van der Waals surface area contributed by atoms with Crippen molar-refractivity contribution in [1.29, 1.82) is 5.26 Å². The van der Waals surface area contributed by atoms with Crippen LogP contribution in [0.4, 0.5) is 0 Å². The third kappa shape index (κ3) is 2.46. The van der Waals surface area contributed by atoms with E-state index in [-0.39, 0.29) is 5.91 Å². The maximum atomic E-state index is 11.7. The number of amides is 1. The second-order valence-corrected chi connectivity index (χ2v) is 3.70. The van der Waals surface area contributed by atoms with E-state index in [9.17, 15) is 9.90 Å². The molecular formula is C10H16N2O2. The number of hydrogen-bond donors (Lipinski definition) is 1. The Bertz CT molecular complexity index is 247. The van der Waals surface area contributed by atoms with Gasteiger partial charge < -0.3 is 10.0 Å². The predicted molar refractivity (Wildman–Crippen MR) is 51.2 cm³/mol. The number of rotatable bonds is 3. The smallest absolute Gasteiger partial charge is 0.240 e. The van der Waals surface area contributed by atoms with Crippen molar-refractivity contribution in [2.45, 2.75) is 32.3 Å². The minimum absolute atomic E-state index is 0.120. The van der Waals surface area contributed by atoms with Crippen molar-refractivity contribution in [1.82, 2.24) is 4.90 Å². The van der Waals surface area contributed by atoms with Gasteiger partial charge in [-0.25, -0.2) is 0 Å². The maximum absolute atomic E-state index is 11.7. The number of aliphatic hydroxyl groups excluding tert-OH is 1. The van der Waals surface area contributed by atoms with Gasteiger partial charge >= 0.3 is 0 Å². The highest BCUT2D eigenvalue weighted by molar-refractivity contribution is 5.81. The highest BCUT2D eigenvalue weighted by Gasteiger charge is 2.29. The van der Waals surface area contributed by atoms with Crippen LogP contribution in [0.25, 0.3) is 0 Å². The van der Waals surface area contributed by atoms with E-state index in [0.29, 0.717) is 25.9 Å². The molecule has 1 aliphatic heterocycles. The minimum Gasteiger partial charge on any atom is -0.391 e. The molecule has 0 aliphatic carbocycles. The maximum Gasteiger partial charge on any atom is 0.240 e. The molecule has 4 nitrogen and oxygen atoms in total. The molecule has 1 heterocycles. The Kier molecular flexibility index (Phi) is 3.90. The molecule has 0 saturated carbocycles. The fourth-order valence-electron chi connectivity index (χ4n) is 1.69. The van der Waals surface area contributed by atoms with Crippen molar-refractivity contribution in [2.75, 3.05) is 13.1 Å². The van der Waals surface area contributed by atoms with Gasteiger partial charge in [0.25, 0.3) is 0 Å². The van der Waals surface area contributed by atoms with Crippen LogP contribution in [0.15, 0.2) is 0 Å². The van der Waals surface area contributed by atoms with E-state index < -0.39 is 12.0 Å². The first-order valence-electron chi connectivity index (χ1n) is 5.05. The highest BCUT2D eigenvalue weighted by atomic mass is 16.3. The monoisotopic (exact) mass is 196 g/mol. The summed E-state index contributed by atoms with van der Waals surface area (Å²) in [4.78, 5) is 13.3. The molecule has 78 valence electrons. The van der Waals surface area contributed by atoms with Gasteiger partial charge in [0.05, 0.1) is 12.2 Å².